The quantitative estimate of drug-likeness (QED) is 0.0387. The second-order valence-corrected chi connectivity index (χ2v) is 20.0. The van der Waals surface area contributed by atoms with Gasteiger partial charge in [-0.25, -0.2) is 0 Å². The fourth-order valence-corrected chi connectivity index (χ4v) is 7.80. The van der Waals surface area contributed by atoms with Crippen molar-refractivity contribution in [2.75, 3.05) is 45.8 Å². The molecule has 0 fully saturated rings. The number of Topliss-reactive ketones (excluding diaryl/α,β-unsaturated/α-hetero) is 1. The average molecular weight is 921 g/mol. The minimum Gasteiger partial charge on any atom is -0.356 e. The third kappa shape index (κ3) is 35.3. The lowest BCUT2D eigenvalue weighted by molar-refractivity contribution is -0.137. The molecule has 0 aliphatic heterocycles. The van der Waals surface area contributed by atoms with Crippen LogP contribution in [0.4, 0.5) is 0 Å². The van der Waals surface area contributed by atoms with E-state index in [9.17, 15) is 33.6 Å². The van der Waals surface area contributed by atoms with E-state index in [2.05, 4.69) is 49.0 Å². The van der Waals surface area contributed by atoms with Gasteiger partial charge in [-0.1, -0.05) is 101 Å². The molecule has 6 amide bonds. The van der Waals surface area contributed by atoms with Crippen LogP contribution in [0.5, 0.6) is 0 Å². The van der Waals surface area contributed by atoms with Crippen molar-refractivity contribution in [2.24, 2.45) is 35.1 Å². The molecule has 0 saturated carbocycles. The smallest absolute Gasteiger partial charge is 0.239 e. The maximum Gasteiger partial charge on any atom is 0.239 e. The summed E-state index contributed by atoms with van der Waals surface area (Å²) in [6.07, 6.45) is 14.1. The van der Waals surface area contributed by atoms with E-state index in [4.69, 9.17) is 11.5 Å². The molecule has 65 heavy (non-hydrogen) atoms. The number of rotatable bonds is 40. The predicted octanol–water partition coefficient (Wildman–Crippen LogP) is 6.15. The minimum atomic E-state index is -0.519. The number of nitrogens with two attached hydrogens (primary N) is 2. The lowest BCUT2D eigenvalue weighted by Crippen LogP contribution is -2.47. The molecule has 0 radical (unpaired) electrons. The van der Waals surface area contributed by atoms with E-state index >= 15 is 0 Å². The zero-order valence-electron chi connectivity index (χ0n) is 42.5. The lowest BCUT2D eigenvalue weighted by atomic mass is 10.0. The monoisotopic (exact) mass is 921 g/mol. The van der Waals surface area contributed by atoms with Gasteiger partial charge in [0.1, 0.15) is 0 Å². The summed E-state index contributed by atoms with van der Waals surface area (Å²) >= 11 is 0. The van der Waals surface area contributed by atoms with E-state index < -0.39 is 6.04 Å². The number of carbonyl (C=O) groups excluding carboxylic acids is 7. The number of nitrogens with one attached hydrogen (secondary N) is 4. The summed E-state index contributed by atoms with van der Waals surface area (Å²) < 4.78 is 0. The van der Waals surface area contributed by atoms with Crippen LogP contribution in [0.25, 0.3) is 0 Å². The second-order valence-electron chi connectivity index (χ2n) is 20.0. The summed E-state index contributed by atoms with van der Waals surface area (Å²) in [5.41, 5.74) is 12.5. The molecule has 15 heteroatoms. The maximum atomic E-state index is 12.8. The number of amides is 6. The van der Waals surface area contributed by atoms with Crippen molar-refractivity contribution in [3.63, 3.8) is 0 Å². The van der Waals surface area contributed by atoms with Crippen molar-refractivity contribution in [1.29, 1.82) is 0 Å². The molecular formula is C50H96N8O7. The van der Waals surface area contributed by atoms with Crippen LogP contribution < -0.4 is 32.7 Å². The summed E-state index contributed by atoms with van der Waals surface area (Å²) in [6.45, 7) is 20.5. The van der Waals surface area contributed by atoms with Gasteiger partial charge in [0, 0.05) is 76.9 Å². The van der Waals surface area contributed by atoms with E-state index in [-0.39, 0.29) is 78.2 Å². The van der Waals surface area contributed by atoms with Gasteiger partial charge in [0.15, 0.2) is 5.78 Å². The summed E-state index contributed by atoms with van der Waals surface area (Å²) in [6, 6.07) is -0.853. The molecule has 0 aromatic rings. The van der Waals surface area contributed by atoms with Crippen LogP contribution in [-0.2, 0) is 33.6 Å². The number of unbranched alkanes of at least 4 members (excludes halogenated alkanes) is 9. The molecule has 0 unspecified atom stereocenters. The molecule has 0 bridgehead atoms. The van der Waals surface area contributed by atoms with Crippen LogP contribution in [0, 0.1) is 23.7 Å². The largest absolute Gasteiger partial charge is 0.356 e. The molecular weight excluding hydrogens is 825 g/mol. The lowest BCUT2D eigenvalue weighted by Gasteiger charge is -2.27. The molecule has 0 aromatic heterocycles. The second kappa shape index (κ2) is 37.5. The van der Waals surface area contributed by atoms with Crippen LogP contribution in [-0.4, -0.2) is 115 Å². The average Bonchev–Trinajstić information content (AvgIpc) is 3.20. The topological polar surface area (TPSA) is 226 Å². The van der Waals surface area contributed by atoms with E-state index in [1.165, 1.54) is 0 Å². The zero-order valence-corrected chi connectivity index (χ0v) is 42.5. The van der Waals surface area contributed by atoms with Crippen molar-refractivity contribution in [3.05, 3.63) is 0 Å². The van der Waals surface area contributed by atoms with Crippen LogP contribution in [0.1, 0.15) is 191 Å². The van der Waals surface area contributed by atoms with Crippen molar-refractivity contribution < 1.29 is 33.6 Å². The van der Waals surface area contributed by atoms with E-state index in [1.54, 1.807) is 16.7 Å². The highest BCUT2D eigenvalue weighted by atomic mass is 16.2. The van der Waals surface area contributed by atoms with Gasteiger partial charge < -0.3 is 42.5 Å². The maximum absolute atomic E-state index is 12.8. The van der Waals surface area contributed by atoms with Crippen molar-refractivity contribution in [3.8, 4) is 0 Å². The van der Waals surface area contributed by atoms with Gasteiger partial charge in [0.05, 0.1) is 19.1 Å². The van der Waals surface area contributed by atoms with Gasteiger partial charge in [-0.2, -0.15) is 0 Å². The normalized spacial score (nSPS) is 12.8. The Labute approximate surface area is 394 Å². The van der Waals surface area contributed by atoms with Crippen LogP contribution in [0.15, 0.2) is 0 Å². The first-order valence-electron chi connectivity index (χ1n) is 25.4. The molecule has 3 atom stereocenters. The highest BCUT2D eigenvalue weighted by molar-refractivity contribution is 5.89. The van der Waals surface area contributed by atoms with E-state index in [0.717, 1.165) is 83.5 Å². The molecule has 0 aliphatic carbocycles. The number of hydrogen-bond acceptors (Lipinski definition) is 9. The Morgan fingerprint density at radius 2 is 0.831 bits per heavy atom. The Hall–Kier alpha value is -3.59. The Morgan fingerprint density at radius 3 is 1.23 bits per heavy atom. The molecule has 0 spiro atoms. The Kier molecular flexibility index (Phi) is 35.4. The molecule has 0 aromatic carbocycles. The molecule has 0 rings (SSSR count). The first kappa shape index (κ1) is 61.4. The SMILES string of the molecule is CCC(=O)[C@H](CCCCNC(=O)CCCCCCCNC(=O)CN(C[C@@H](N)CC(C)C)C(=O)CC(C)C)NC(=O)CCCCCCCNC(=O)CN(C[C@@H](N)CC(C)C)C(=O)CC(C)C. The Bertz CT molecular complexity index is 1360. The minimum absolute atomic E-state index is 0.00980. The fraction of sp³-hybridized carbons (Fsp3) is 0.860. The summed E-state index contributed by atoms with van der Waals surface area (Å²) in [7, 11) is 0. The van der Waals surface area contributed by atoms with Gasteiger partial charge in [-0.15, -0.1) is 0 Å². The standard InChI is InChI=1S/C50H96N8O7/c1-10-44(59)43(56-46(61)25-18-14-12-16-21-27-55-48(63)36-58(50(65)32-40(8)9)34-42(52)30-38(4)5)23-19-22-28-53-45(60)24-17-13-11-15-20-26-54-47(62)35-57(49(64)31-39(6)7)33-41(51)29-37(2)3/h37-43H,10-36,51-52H2,1-9H3,(H,53,60)(H,54,62)(H,55,63)(H,56,61)/t41-,42-,43-/m0/s1. The summed E-state index contributed by atoms with van der Waals surface area (Å²) in [5, 5.41) is 11.8. The summed E-state index contributed by atoms with van der Waals surface area (Å²) in [5.74, 6) is 0.695. The highest BCUT2D eigenvalue weighted by Crippen LogP contribution is 2.12. The molecule has 0 heterocycles. The molecule has 0 saturated heterocycles. The third-order valence-electron chi connectivity index (χ3n) is 11.1. The molecule has 15 nitrogen and oxygen atoms in total. The van der Waals surface area contributed by atoms with Crippen molar-refractivity contribution >= 4 is 41.2 Å². The third-order valence-corrected chi connectivity index (χ3v) is 11.1. The molecule has 378 valence electrons. The molecule has 0 aliphatic rings. The Balaban J connectivity index is 4.23. The van der Waals surface area contributed by atoms with Crippen molar-refractivity contribution in [2.45, 2.75) is 209 Å². The fourth-order valence-electron chi connectivity index (χ4n) is 7.80. The number of ketones is 1. The van der Waals surface area contributed by atoms with Crippen molar-refractivity contribution in [1.82, 2.24) is 31.1 Å². The summed E-state index contributed by atoms with van der Waals surface area (Å²) in [4.78, 5) is 91.7. The highest BCUT2D eigenvalue weighted by Gasteiger charge is 2.23. The van der Waals surface area contributed by atoms with Gasteiger partial charge in [0.2, 0.25) is 35.4 Å². The van der Waals surface area contributed by atoms with E-state index in [0.29, 0.717) is 89.5 Å². The predicted molar refractivity (Wildman–Crippen MR) is 262 cm³/mol. The molecule has 8 N–H and O–H groups in total. The zero-order chi connectivity index (χ0) is 49.2. The van der Waals surface area contributed by atoms with Gasteiger partial charge in [0.25, 0.3) is 0 Å². The van der Waals surface area contributed by atoms with Gasteiger partial charge in [-0.05, 0) is 81.5 Å². The first-order valence-corrected chi connectivity index (χ1v) is 25.4. The number of carbonyl (C=O) groups is 7. The van der Waals surface area contributed by atoms with Gasteiger partial charge in [-0.3, -0.25) is 33.6 Å². The number of nitrogens with zero attached hydrogens (tertiary/aromatic N) is 2. The first-order chi connectivity index (χ1) is 30.7. The van der Waals surface area contributed by atoms with Gasteiger partial charge >= 0.3 is 0 Å². The Morgan fingerprint density at radius 1 is 0.462 bits per heavy atom. The van der Waals surface area contributed by atoms with Crippen LogP contribution in [0.2, 0.25) is 0 Å². The number of hydrogen-bond donors (Lipinski definition) is 6. The van der Waals surface area contributed by atoms with E-state index in [1.807, 2.05) is 27.7 Å². The van der Waals surface area contributed by atoms with Crippen LogP contribution in [0.3, 0.4) is 0 Å². The van der Waals surface area contributed by atoms with Crippen LogP contribution >= 0.6 is 0 Å².